The molecule has 1 amide bonds. The van der Waals surface area contributed by atoms with Gasteiger partial charge in [-0.15, -0.1) is 0 Å². The van der Waals surface area contributed by atoms with Gasteiger partial charge in [0, 0.05) is 13.2 Å². The Bertz CT molecular complexity index is 663. The van der Waals surface area contributed by atoms with E-state index in [0.29, 0.717) is 17.7 Å². The van der Waals surface area contributed by atoms with Crippen molar-refractivity contribution >= 4 is 17.7 Å². The first kappa shape index (κ1) is 13.7. The van der Waals surface area contributed by atoms with E-state index < -0.39 is 5.97 Å². The molecule has 2 heterocycles. The summed E-state index contributed by atoms with van der Waals surface area (Å²) < 4.78 is 1.56. The molecule has 0 aliphatic rings. The number of rotatable bonds is 4. The highest BCUT2D eigenvalue weighted by Gasteiger charge is 2.15. The van der Waals surface area contributed by atoms with Gasteiger partial charge >= 0.3 is 5.97 Å². The molecule has 0 atom stereocenters. The normalized spacial score (nSPS) is 10.3. The Morgan fingerprint density at radius 2 is 2.15 bits per heavy atom. The average Bonchev–Trinajstić information content (AvgIpc) is 2.80. The minimum Gasteiger partial charge on any atom is -0.477 e. The number of nitrogens with one attached hydrogen (secondary N) is 1. The number of carboxylic acid groups (broad SMARTS) is 1. The minimum absolute atomic E-state index is 0.121. The quantitative estimate of drug-likeness (QED) is 0.876. The summed E-state index contributed by atoms with van der Waals surface area (Å²) in [5.74, 6) is -1.30. The number of aromatic carboxylic acids is 1. The lowest BCUT2D eigenvalue weighted by molar-refractivity contribution is 0.0690. The van der Waals surface area contributed by atoms with Crippen molar-refractivity contribution in [3.8, 4) is 0 Å². The molecular weight excluding hydrogens is 260 g/mol. The van der Waals surface area contributed by atoms with Gasteiger partial charge in [0.25, 0.3) is 5.91 Å². The zero-order valence-electron chi connectivity index (χ0n) is 11.1. The molecule has 2 aromatic rings. The van der Waals surface area contributed by atoms with Crippen LogP contribution in [0.4, 0.5) is 5.82 Å². The predicted molar refractivity (Wildman–Crippen MR) is 71.7 cm³/mol. The van der Waals surface area contributed by atoms with Crippen LogP contribution in [0.5, 0.6) is 0 Å². The van der Waals surface area contributed by atoms with E-state index in [1.807, 2.05) is 6.92 Å². The van der Waals surface area contributed by atoms with Gasteiger partial charge in [-0.25, -0.2) is 9.78 Å². The highest BCUT2D eigenvalue weighted by atomic mass is 16.4. The van der Waals surface area contributed by atoms with Gasteiger partial charge in [-0.1, -0.05) is 13.0 Å². The molecule has 0 aliphatic heterocycles. The van der Waals surface area contributed by atoms with Gasteiger partial charge in [-0.3, -0.25) is 9.48 Å². The highest BCUT2D eigenvalue weighted by molar-refractivity contribution is 6.04. The monoisotopic (exact) mass is 274 g/mol. The van der Waals surface area contributed by atoms with E-state index in [1.54, 1.807) is 17.9 Å². The fourth-order valence-corrected chi connectivity index (χ4v) is 1.79. The maximum atomic E-state index is 12.1. The van der Waals surface area contributed by atoms with Gasteiger partial charge in [0.15, 0.2) is 5.69 Å². The number of carbonyl (C=O) groups is 2. The number of nitrogens with zero attached hydrogens (tertiary/aromatic N) is 3. The fourth-order valence-electron chi connectivity index (χ4n) is 1.79. The number of carbonyl (C=O) groups excluding carboxylic acids is 1. The summed E-state index contributed by atoms with van der Waals surface area (Å²) in [5.41, 5.74) is 1.02. The van der Waals surface area contributed by atoms with Crippen LogP contribution in [0.1, 0.15) is 33.5 Å². The average molecular weight is 274 g/mol. The van der Waals surface area contributed by atoms with Crippen molar-refractivity contribution in [1.29, 1.82) is 0 Å². The Kier molecular flexibility index (Phi) is 3.79. The number of aromatic nitrogens is 3. The van der Waals surface area contributed by atoms with Crippen molar-refractivity contribution in [2.24, 2.45) is 7.05 Å². The second-order valence-electron chi connectivity index (χ2n) is 4.18. The molecule has 7 nitrogen and oxygen atoms in total. The number of hydrogen-bond donors (Lipinski definition) is 2. The molecule has 0 aromatic carbocycles. The largest absolute Gasteiger partial charge is 0.477 e. The molecule has 0 radical (unpaired) electrons. The predicted octanol–water partition coefficient (Wildman–Crippen LogP) is 1.33. The molecule has 2 N–H and O–H groups in total. The van der Waals surface area contributed by atoms with Crippen LogP contribution >= 0.6 is 0 Å². The summed E-state index contributed by atoms with van der Waals surface area (Å²) in [6.07, 6.45) is 2.25. The van der Waals surface area contributed by atoms with Crippen LogP contribution in [0, 0.1) is 0 Å². The van der Waals surface area contributed by atoms with Gasteiger partial charge in [0.2, 0.25) is 0 Å². The van der Waals surface area contributed by atoms with Crippen molar-refractivity contribution in [3.63, 3.8) is 0 Å². The molecule has 20 heavy (non-hydrogen) atoms. The van der Waals surface area contributed by atoms with Crippen molar-refractivity contribution in [2.75, 3.05) is 5.32 Å². The van der Waals surface area contributed by atoms with Crippen LogP contribution in [0.25, 0.3) is 0 Å². The van der Waals surface area contributed by atoms with Crippen LogP contribution in [-0.2, 0) is 13.5 Å². The zero-order chi connectivity index (χ0) is 14.7. The Morgan fingerprint density at radius 1 is 1.40 bits per heavy atom. The maximum Gasteiger partial charge on any atom is 0.354 e. The van der Waals surface area contributed by atoms with Gasteiger partial charge in [0.05, 0.1) is 11.3 Å². The Morgan fingerprint density at radius 3 is 2.80 bits per heavy atom. The van der Waals surface area contributed by atoms with E-state index in [1.165, 1.54) is 18.2 Å². The van der Waals surface area contributed by atoms with E-state index in [4.69, 9.17) is 5.11 Å². The van der Waals surface area contributed by atoms with E-state index in [9.17, 15) is 9.59 Å². The lowest BCUT2D eigenvalue weighted by Crippen LogP contribution is -2.15. The molecular formula is C13H14N4O3. The fraction of sp³-hybridized carbons (Fsp3) is 0.231. The summed E-state index contributed by atoms with van der Waals surface area (Å²) >= 11 is 0. The summed E-state index contributed by atoms with van der Waals surface area (Å²) in [4.78, 5) is 26.8. The molecule has 0 saturated heterocycles. The smallest absolute Gasteiger partial charge is 0.354 e. The molecule has 2 aromatic heterocycles. The first-order chi connectivity index (χ1) is 9.51. The highest BCUT2D eigenvalue weighted by Crippen LogP contribution is 2.11. The van der Waals surface area contributed by atoms with E-state index in [0.717, 1.165) is 0 Å². The number of amides is 1. The van der Waals surface area contributed by atoms with Crippen LogP contribution in [0.2, 0.25) is 0 Å². The van der Waals surface area contributed by atoms with Crippen molar-refractivity contribution in [3.05, 3.63) is 41.3 Å². The Hall–Kier alpha value is -2.70. The molecule has 0 unspecified atom stereocenters. The number of anilines is 1. The summed E-state index contributed by atoms with van der Waals surface area (Å²) in [6, 6.07) is 4.42. The minimum atomic E-state index is -1.14. The molecule has 2 rings (SSSR count). The molecule has 0 aliphatic carbocycles. The molecule has 104 valence electrons. The number of aryl methyl sites for hydroxylation is 2. The topological polar surface area (TPSA) is 97.1 Å². The standard InChI is InChI=1S/C13H14N4O3/c1-3-9-8(7-17(2)16-9)12(18)15-11-6-4-5-10(14-11)13(19)20/h4-7H,3H2,1-2H3,(H,19,20)(H,14,15,18). The van der Waals surface area contributed by atoms with E-state index in [-0.39, 0.29) is 17.4 Å². The molecule has 0 bridgehead atoms. The van der Waals surface area contributed by atoms with Crippen LogP contribution < -0.4 is 5.32 Å². The second kappa shape index (κ2) is 5.52. The second-order valence-corrected chi connectivity index (χ2v) is 4.18. The van der Waals surface area contributed by atoms with Crippen molar-refractivity contribution < 1.29 is 14.7 Å². The van der Waals surface area contributed by atoms with Gasteiger partial charge in [-0.05, 0) is 18.6 Å². The number of carboxylic acids is 1. The zero-order valence-corrected chi connectivity index (χ0v) is 11.1. The molecule has 0 spiro atoms. The van der Waals surface area contributed by atoms with Gasteiger partial charge in [-0.2, -0.15) is 5.10 Å². The third-order valence-corrected chi connectivity index (χ3v) is 2.69. The third-order valence-electron chi connectivity index (χ3n) is 2.69. The Labute approximate surface area is 115 Å². The third kappa shape index (κ3) is 2.82. The van der Waals surface area contributed by atoms with Crippen LogP contribution in [-0.4, -0.2) is 31.7 Å². The van der Waals surface area contributed by atoms with Gasteiger partial charge < -0.3 is 10.4 Å². The number of hydrogen-bond acceptors (Lipinski definition) is 4. The van der Waals surface area contributed by atoms with Crippen molar-refractivity contribution in [1.82, 2.24) is 14.8 Å². The first-order valence-corrected chi connectivity index (χ1v) is 6.05. The molecule has 7 heteroatoms. The lowest BCUT2D eigenvalue weighted by atomic mass is 10.2. The number of pyridine rings is 1. The molecule has 0 saturated carbocycles. The van der Waals surface area contributed by atoms with Crippen LogP contribution in [0.15, 0.2) is 24.4 Å². The maximum absolute atomic E-state index is 12.1. The summed E-state index contributed by atoms with van der Waals surface area (Å²) in [7, 11) is 1.74. The summed E-state index contributed by atoms with van der Waals surface area (Å²) in [6.45, 7) is 1.91. The van der Waals surface area contributed by atoms with Crippen molar-refractivity contribution in [2.45, 2.75) is 13.3 Å². The van der Waals surface area contributed by atoms with E-state index >= 15 is 0 Å². The van der Waals surface area contributed by atoms with E-state index in [2.05, 4.69) is 15.4 Å². The molecule has 0 fully saturated rings. The van der Waals surface area contributed by atoms with Crippen LogP contribution in [0.3, 0.4) is 0 Å². The lowest BCUT2D eigenvalue weighted by Gasteiger charge is -2.04. The summed E-state index contributed by atoms with van der Waals surface area (Å²) in [5, 5.41) is 15.6. The first-order valence-electron chi connectivity index (χ1n) is 6.05. The van der Waals surface area contributed by atoms with Gasteiger partial charge in [0.1, 0.15) is 5.82 Å². The SMILES string of the molecule is CCc1nn(C)cc1C(=O)Nc1cccc(C(=O)O)n1. The Balaban J connectivity index is 2.23.